The third-order valence-corrected chi connectivity index (χ3v) is 6.21. The van der Waals surface area contributed by atoms with Crippen molar-refractivity contribution in [1.82, 2.24) is 20.5 Å². The molecular formula is C26H29N7O4. The van der Waals surface area contributed by atoms with Crippen molar-refractivity contribution >= 4 is 34.7 Å². The highest BCUT2D eigenvalue weighted by Crippen LogP contribution is 2.38. The summed E-state index contributed by atoms with van der Waals surface area (Å²) in [6.07, 6.45) is 3.33. The summed E-state index contributed by atoms with van der Waals surface area (Å²) in [4.78, 5) is 31.9. The van der Waals surface area contributed by atoms with Crippen LogP contribution in [-0.4, -0.2) is 67.4 Å². The van der Waals surface area contributed by atoms with E-state index < -0.39 is 12.9 Å². The second kappa shape index (κ2) is 10.8. The number of carbonyl (C=O) groups is 2. The van der Waals surface area contributed by atoms with Gasteiger partial charge in [-0.05, 0) is 37.1 Å². The van der Waals surface area contributed by atoms with Crippen LogP contribution < -0.4 is 25.6 Å². The van der Waals surface area contributed by atoms with E-state index in [-0.39, 0.29) is 29.0 Å². The molecule has 0 atom stereocenters. The predicted molar refractivity (Wildman–Crippen MR) is 139 cm³/mol. The van der Waals surface area contributed by atoms with Gasteiger partial charge < -0.3 is 30.3 Å². The molecule has 2 aliphatic rings. The first-order valence-corrected chi connectivity index (χ1v) is 12.0. The maximum absolute atomic E-state index is 12.8. The SMILES string of the molecule is [2H]C([2H])([2H])NC(=O)c1nnc(NC(=O)C2CC2)cc1Nc1cccc(-c2cc(N3CCOCC3)ccn2)c1OC. The summed E-state index contributed by atoms with van der Waals surface area (Å²) in [6.45, 7) is 0.127. The van der Waals surface area contributed by atoms with Crippen LogP contribution in [0.15, 0.2) is 42.6 Å². The number of carbonyl (C=O) groups excluding carboxylic acids is 2. The van der Waals surface area contributed by atoms with Crippen LogP contribution in [0.3, 0.4) is 0 Å². The number of hydrogen-bond acceptors (Lipinski definition) is 9. The second-order valence-corrected chi connectivity index (χ2v) is 8.72. The summed E-state index contributed by atoms with van der Waals surface area (Å²) in [5.41, 5.74) is 2.71. The third kappa shape index (κ3) is 5.46. The summed E-state index contributed by atoms with van der Waals surface area (Å²) in [7, 11) is 1.52. The number of morpholine rings is 1. The summed E-state index contributed by atoms with van der Waals surface area (Å²) in [5.74, 6) is -0.651. The predicted octanol–water partition coefficient (Wildman–Crippen LogP) is 2.84. The van der Waals surface area contributed by atoms with Crippen molar-refractivity contribution in [2.75, 3.05) is 55.9 Å². The van der Waals surface area contributed by atoms with Gasteiger partial charge in [-0.15, -0.1) is 10.2 Å². The molecule has 3 heterocycles. The first-order chi connectivity index (χ1) is 19.2. The lowest BCUT2D eigenvalue weighted by atomic mass is 10.1. The Kier molecular flexibility index (Phi) is 6.09. The maximum Gasteiger partial charge on any atom is 0.273 e. The molecule has 2 aromatic heterocycles. The molecule has 0 unspecified atom stereocenters. The largest absolute Gasteiger partial charge is 0.494 e. The zero-order chi connectivity index (χ0) is 28.3. The van der Waals surface area contributed by atoms with Crippen LogP contribution >= 0.6 is 0 Å². The van der Waals surface area contributed by atoms with E-state index in [0.29, 0.717) is 35.9 Å². The van der Waals surface area contributed by atoms with Gasteiger partial charge in [-0.2, -0.15) is 0 Å². The van der Waals surface area contributed by atoms with Crippen LogP contribution in [0.4, 0.5) is 22.9 Å². The van der Waals surface area contributed by atoms with Gasteiger partial charge in [0.2, 0.25) is 5.91 Å². The van der Waals surface area contributed by atoms with Crippen molar-refractivity contribution < 1.29 is 23.2 Å². The van der Waals surface area contributed by atoms with E-state index in [1.54, 1.807) is 18.3 Å². The van der Waals surface area contributed by atoms with Gasteiger partial charge in [0.15, 0.2) is 17.3 Å². The number of methoxy groups -OCH3 is 1. The lowest BCUT2D eigenvalue weighted by molar-refractivity contribution is -0.117. The molecule has 0 spiro atoms. The molecule has 1 aliphatic carbocycles. The molecule has 2 fully saturated rings. The number of amides is 2. The molecule has 3 aromatic rings. The van der Waals surface area contributed by atoms with Crippen LogP contribution in [-0.2, 0) is 9.53 Å². The van der Waals surface area contributed by atoms with E-state index >= 15 is 0 Å². The highest BCUT2D eigenvalue weighted by atomic mass is 16.5. The fourth-order valence-electron chi connectivity index (χ4n) is 4.14. The fraction of sp³-hybridized carbons (Fsp3) is 0.346. The number of ether oxygens (including phenoxy) is 2. The Morgan fingerprint density at radius 1 is 1.14 bits per heavy atom. The number of pyridine rings is 1. The van der Waals surface area contributed by atoms with Crippen molar-refractivity contribution in [1.29, 1.82) is 0 Å². The van der Waals surface area contributed by atoms with E-state index in [1.807, 2.05) is 23.5 Å². The molecule has 1 saturated heterocycles. The van der Waals surface area contributed by atoms with Crippen molar-refractivity contribution in [3.05, 3.63) is 48.3 Å². The summed E-state index contributed by atoms with van der Waals surface area (Å²) in [6, 6.07) is 10.8. The van der Waals surface area contributed by atoms with Crippen LogP contribution in [0.2, 0.25) is 0 Å². The van der Waals surface area contributed by atoms with Gasteiger partial charge >= 0.3 is 0 Å². The quantitative estimate of drug-likeness (QED) is 0.422. The normalized spacial score (nSPS) is 16.7. The molecule has 1 aliphatic heterocycles. The number of para-hydroxylation sites is 1. The number of nitrogens with one attached hydrogen (secondary N) is 3. The number of hydrogen-bond donors (Lipinski definition) is 3. The van der Waals surface area contributed by atoms with Gasteiger partial charge in [0.05, 0.1) is 37.4 Å². The fourth-order valence-corrected chi connectivity index (χ4v) is 4.14. The minimum Gasteiger partial charge on any atom is -0.494 e. The number of anilines is 4. The highest BCUT2D eigenvalue weighted by Gasteiger charge is 2.30. The molecular weight excluding hydrogens is 474 g/mol. The highest BCUT2D eigenvalue weighted by molar-refractivity contribution is 6.00. The minimum atomic E-state index is -2.73. The molecule has 11 nitrogen and oxygen atoms in total. The smallest absolute Gasteiger partial charge is 0.273 e. The topological polar surface area (TPSA) is 131 Å². The van der Waals surface area contributed by atoms with Crippen molar-refractivity contribution in [2.24, 2.45) is 5.92 Å². The molecule has 37 heavy (non-hydrogen) atoms. The summed E-state index contributed by atoms with van der Waals surface area (Å²) < 4.78 is 33.5. The molecule has 3 N–H and O–H groups in total. The van der Waals surface area contributed by atoms with Crippen LogP contribution in [0.1, 0.15) is 27.4 Å². The van der Waals surface area contributed by atoms with Crippen LogP contribution in [0, 0.1) is 5.92 Å². The Labute approximate surface area is 218 Å². The van der Waals surface area contributed by atoms with Gasteiger partial charge in [0, 0.05) is 53.6 Å². The van der Waals surface area contributed by atoms with Crippen LogP contribution in [0.5, 0.6) is 5.75 Å². The molecule has 5 rings (SSSR count). The number of benzene rings is 1. The van der Waals surface area contributed by atoms with E-state index in [1.165, 1.54) is 13.2 Å². The van der Waals surface area contributed by atoms with Crippen LogP contribution in [0.25, 0.3) is 11.3 Å². The Balaban J connectivity index is 1.49. The Morgan fingerprint density at radius 3 is 2.73 bits per heavy atom. The second-order valence-electron chi connectivity index (χ2n) is 8.72. The van der Waals surface area contributed by atoms with Crippen molar-refractivity contribution in [3.8, 4) is 17.0 Å². The zero-order valence-corrected chi connectivity index (χ0v) is 20.3. The number of rotatable bonds is 8. The molecule has 0 radical (unpaired) electrons. The molecule has 192 valence electrons. The standard InChI is InChI=1S/C26H29N7O4/c1-27-26(35)23-21(15-22(31-32-23)30-25(34)16-6-7-16)29-19-5-3-4-18(24(19)36-2)20-14-17(8-9-28-20)33-10-12-37-13-11-33/h3-5,8-9,14-16H,6-7,10-13H2,1-2H3,(H,27,35)(H2,29,30,31,34)/i1D3. The number of aromatic nitrogens is 3. The van der Waals surface area contributed by atoms with E-state index in [4.69, 9.17) is 13.6 Å². The minimum absolute atomic E-state index is 0.0748. The lowest BCUT2D eigenvalue weighted by Gasteiger charge is -2.29. The van der Waals surface area contributed by atoms with Crippen molar-refractivity contribution in [2.45, 2.75) is 12.8 Å². The molecule has 1 saturated carbocycles. The number of nitrogens with zero attached hydrogens (tertiary/aromatic N) is 4. The van der Waals surface area contributed by atoms with E-state index in [2.05, 4.69) is 30.7 Å². The van der Waals surface area contributed by atoms with E-state index in [0.717, 1.165) is 31.6 Å². The van der Waals surface area contributed by atoms with Gasteiger partial charge in [0.25, 0.3) is 5.91 Å². The van der Waals surface area contributed by atoms with Gasteiger partial charge in [-0.1, -0.05) is 6.07 Å². The van der Waals surface area contributed by atoms with E-state index in [9.17, 15) is 9.59 Å². The monoisotopic (exact) mass is 506 g/mol. The first kappa shape index (κ1) is 20.9. The maximum atomic E-state index is 12.8. The summed E-state index contributed by atoms with van der Waals surface area (Å²) in [5, 5.41) is 15.6. The Hall–Kier alpha value is -4.25. The van der Waals surface area contributed by atoms with Gasteiger partial charge in [-0.3, -0.25) is 14.6 Å². The molecule has 2 amide bonds. The Morgan fingerprint density at radius 2 is 1.97 bits per heavy atom. The Bertz CT molecular complexity index is 1410. The van der Waals surface area contributed by atoms with Gasteiger partial charge in [0.1, 0.15) is 0 Å². The summed E-state index contributed by atoms with van der Waals surface area (Å²) >= 11 is 0. The molecule has 11 heteroatoms. The van der Waals surface area contributed by atoms with Crippen molar-refractivity contribution in [3.63, 3.8) is 0 Å². The molecule has 1 aromatic carbocycles. The lowest BCUT2D eigenvalue weighted by Crippen LogP contribution is -2.36. The van der Waals surface area contributed by atoms with Gasteiger partial charge in [-0.25, -0.2) is 0 Å². The molecule has 0 bridgehead atoms. The first-order valence-electron chi connectivity index (χ1n) is 13.5. The third-order valence-electron chi connectivity index (χ3n) is 6.21. The average Bonchev–Trinajstić information content (AvgIpc) is 3.79. The average molecular weight is 507 g/mol. The zero-order valence-electron chi connectivity index (χ0n) is 23.3.